The topological polar surface area (TPSA) is 209 Å². The van der Waals surface area contributed by atoms with Crippen molar-refractivity contribution in [3.63, 3.8) is 0 Å². The highest BCUT2D eigenvalue weighted by molar-refractivity contribution is 5.86. The van der Waals surface area contributed by atoms with Crippen molar-refractivity contribution in [3.8, 4) is 0 Å². The largest absolute Gasteiger partial charge is 0.481 e. The first-order valence-corrected chi connectivity index (χ1v) is 18.1. The highest BCUT2D eigenvalue weighted by atomic mass is 16.6. The Labute approximate surface area is 307 Å². The summed E-state index contributed by atoms with van der Waals surface area (Å²) in [5.41, 5.74) is 0.652. The van der Waals surface area contributed by atoms with Crippen molar-refractivity contribution in [1.82, 2.24) is 25.6 Å². The van der Waals surface area contributed by atoms with Crippen LogP contribution in [0.15, 0.2) is 6.20 Å². The highest BCUT2D eigenvalue weighted by Gasteiger charge is 2.23. The van der Waals surface area contributed by atoms with Crippen LogP contribution in [0.2, 0.25) is 0 Å². The van der Waals surface area contributed by atoms with Crippen molar-refractivity contribution in [2.75, 3.05) is 125 Å². The van der Waals surface area contributed by atoms with E-state index in [9.17, 15) is 14.4 Å². The minimum absolute atomic E-state index is 0.0105. The van der Waals surface area contributed by atoms with Gasteiger partial charge in [-0.2, -0.15) is 0 Å². The molecule has 0 aliphatic heterocycles. The number of nitrogens with zero attached hydrogens (tertiary/aromatic N) is 3. The number of carbonyl (C=O) groups is 3. The van der Waals surface area contributed by atoms with Gasteiger partial charge in [-0.25, -0.2) is 4.68 Å². The molecular formula is C34H63N5O13. The monoisotopic (exact) mass is 749 g/mol. The fourth-order valence-corrected chi connectivity index (χ4v) is 4.25. The summed E-state index contributed by atoms with van der Waals surface area (Å²) in [6.07, 6.45) is 2.10. The second kappa shape index (κ2) is 33.0. The van der Waals surface area contributed by atoms with Crippen LogP contribution >= 0.6 is 0 Å². The van der Waals surface area contributed by atoms with E-state index in [1.54, 1.807) is 6.20 Å². The number of amides is 1. The Balaban J connectivity index is 1.82. The van der Waals surface area contributed by atoms with Gasteiger partial charge in [0.25, 0.3) is 0 Å². The predicted octanol–water partition coefficient (Wildman–Crippen LogP) is 0.153. The zero-order valence-corrected chi connectivity index (χ0v) is 31.6. The molecule has 0 bridgehead atoms. The van der Waals surface area contributed by atoms with Crippen molar-refractivity contribution in [3.05, 3.63) is 11.9 Å². The third kappa shape index (κ3) is 28.9. The van der Waals surface area contributed by atoms with E-state index in [4.69, 9.17) is 47.7 Å². The molecule has 18 heteroatoms. The van der Waals surface area contributed by atoms with Crippen LogP contribution in [-0.2, 0) is 70.0 Å². The smallest absolute Gasteiger partial charge is 0.305 e. The molecule has 0 aliphatic carbocycles. The molecule has 0 aliphatic rings. The average Bonchev–Trinajstić information content (AvgIpc) is 3.54. The molecule has 0 radical (unpaired) electrons. The standard InChI is InChI=1S/C34H63N5O13/c1-28(2)34(43)31(36-29(3)4)25-30-26-39(38-37-30)27-32(40)35-6-8-45-10-12-47-14-16-49-18-20-51-22-24-52-23-21-50-19-17-48-15-13-46-11-9-44-7-5-33(41)42/h26,28-29,31,36H,5-25,27H2,1-4H3,(H,35,40)(H,41,42)/t31-/m0/s1. The molecule has 1 aromatic heterocycles. The molecule has 52 heavy (non-hydrogen) atoms. The molecule has 0 saturated heterocycles. The summed E-state index contributed by atoms with van der Waals surface area (Å²) in [5, 5.41) is 22.7. The maximum Gasteiger partial charge on any atom is 0.305 e. The van der Waals surface area contributed by atoms with E-state index < -0.39 is 5.97 Å². The molecule has 302 valence electrons. The Hall–Kier alpha value is -2.65. The molecule has 1 rings (SSSR count). The second-order valence-corrected chi connectivity index (χ2v) is 12.0. The first-order valence-electron chi connectivity index (χ1n) is 18.1. The summed E-state index contributed by atoms with van der Waals surface area (Å²) in [4.78, 5) is 35.1. The molecule has 0 spiro atoms. The molecule has 1 aromatic rings. The quantitative estimate of drug-likeness (QED) is 0.0769. The highest BCUT2D eigenvalue weighted by Crippen LogP contribution is 2.07. The van der Waals surface area contributed by atoms with Gasteiger partial charge in [0, 0.05) is 31.1 Å². The van der Waals surface area contributed by atoms with Crippen LogP contribution in [0.3, 0.4) is 0 Å². The van der Waals surface area contributed by atoms with Gasteiger partial charge in [0.1, 0.15) is 6.54 Å². The van der Waals surface area contributed by atoms with Gasteiger partial charge in [-0.05, 0) is 0 Å². The van der Waals surface area contributed by atoms with Gasteiger partial charge >= 0.3 is 5.97 Å². The Morgan fingerprint density at radius 1 is 0.654 bits per heavy atom. The molecule has 18 nitrogen and oxygen atoms in total. The summed E-state index contributed by atoms with van der Waals surface area (Å²) < 4.78 is 50.1. The van der Waals surface area contributed by atoms with Gasteiger partial charge in [-0.1, -0.05) is 32.9 Å². The minimum Gasteiger partial charge on any atom is -0.481 e. The number of Topliss-reactive ketones (excluding diaryl/α,β-unsaturated/α-hetero) is 1. The normalized spacial score (nSPS) is 12.2. The summed E-state index contributed by atoms with van der Waals surface area (Å²) in [6.45, 7) is 15.7. The number of nitrogens with one attached hydrogen (secondary N) is 2. The van der Waals surface area contributed by atoms with Crippen LogP contribution in [0.4, 0.5) is 0 Å². The van der Waals surface area contributed by atoms with Crippen LogP contribution in [-0.4, -0.2) is 175 Å². The summed E-state index contributed by atoms with van der Waals surface area (Å²) in [6, 6.07) is -0.193. The Morgan fingerprint density at radius 3 is 1.44 bits per heavy atom. The first kappa shape index (κ1) is 47.4. The van der Waals surface area contributed by atoms with Crippen molar-refractivity contribution in [2.45, 2.75) is 59.2 Å². The van der Waals surface area contributed by atoms with Gasteiger partial charge in [0.2, 0.25) is 5.91 Å². The van der Waals surface area contributed by atoms with E-state index in [1.807, 2.05) is 27.7 Å². The number of rotatable bonds is 38. The minimum atomic E-state index is -0.881. The third-order valence-corrected chi connectivity index (χ3v) is 6.76. The summed E-state index contributed by atoms with van der Waals surface area (Å²) >= 11 is 0. The number of aliphatic carboxylic acids is 1. The predicted molar refractivity (Wildman–Crippen MR) is 188 cm³/mol. The molecule has 0 unspecified atom stereocenters. The Kier molecular flexibility index (Phi) is 30.0. The van der Waals surface area contributed by atoms with E-state index >= 15 is 0 Å². The molecule has 0 aromatic carbocycles. The lowest BCUT2D eigenvalue weighted by Gasteiger charge is -2.20. The zero-order chi connectivity index (χ0) is 38.1. The van der Waals surface area contributed by atoms with Gasteiger partial charge in [-0.3, -0.25) is 14.4 Å². The number of aromatic nitrogens is 3. The van der Waals surface area contributed by atoms with Gasteiger partial charge in [-0.15, -0.1) is 5.10 Å². The number of carboxylic acids is 1. The van der Waals surface area contributed by atoms with Crippen molar-refractivity contribution in [2.24, 2.45) is 5.92 Å². The SMILES string of the molecule is CC(C)N[C@@H](Cc1cn(CC(=O)NCCOCCOCCOCCOCCOCCOCCOCCOCCOCCC(=O)O)nn1)C(=O)C(C)C. The number of hydrogen-bond acceptors (Lipinski definition) is 15. The Bertz CT molecular complexity index is 1030. The lowest BCUT2D eigenvalue weighted by atomic mass is 9.97. The lowest BCUT2D eigenvalue weighted by molar-refractivity contribution is -0.138. The lowest BCUT2D eigenvalue weighted by Crippen LogP contribution is -2.44. The fraction of sp³-hybridized carbons (Fsp3) is 0.853. The van der Waals surface area contributed by atoms with Crippen LogP contribution in [0.5, 0.6) is 0 Å². The van der Waals surface area contributed by atoms with E-state index in [1.165, 1.54) is 4.68 Å². The van der Waals surface area contributed by atoms with Crippen molar-refractivity contribution < 1.29 is 62.1 Å². The number of carboxylic acid groups (broad SMARTS) is 1. The van der Waals surface area contributed by atoms with E-state index in [0.29, 0.717) is 131 Å². The fourth-order valence-electron chi connectivity index (χ4n) is 4.25. The van der Waals surface area contributed by atoms with E-state index in [-0.39, 0.29) is 49.3 Å². The molecule has 1 heterocycles. The zero-order valence-electron chi connectivity index (χ0n) is 31.6. The number of ketones is 1. The van der Waals surface area contributed by atoms with E-state index in [0.717, 1.165) is 0 Å². The van der Waals surface area contributed by atoms with Gasteiger partial charge in [0.15, 0.2) is 5.78 Å². The van der Waals surface area contributed by atoms with Crippen molar-refractivity contribution in [1.29, 1.82) is 0 Å². The molecule has 3 N–H and O–H groups in total. The summed E-state index contributed by atoms with van der Waals surface area (Å²) in [5.74, 6) is -1.06. The van der Waals surface area contributed by atoms with Crippen LogP contribution in [0.1, 0.15) is 39.8 Å². The number of ether oxygens (including phenoxy) is 9. The third-order valence-electron chi connectivity index (χ3n) is 6.76. The average molecular weight is 750 g/mol. The molecule has 0 saturated carbocycles. The second-order valence-electron chi connectivity index (χ2n) is 12.0. The molecule has 1 atom stereocenters. The summed E-state index contributed by atoms with van der Waals surface area (Å²) in [7, 11) is 0. The maximum atomic E-state index is 12.5. The van der Waals surface area contributed by atoms with Crippen LogP contribution < -0.4 is 10.6 Å². The van der Waals surface area contributed by atoms with Gasteiger partial charge in [0.05, 0.1) is 137 Å². The van der Waals surface area contributed by atoms with Crippen LogP contribution in [0.25, 0.3) is 0 Å². The molecule has 1 amide bonds. The van der Waals surface area contributed by atoms with Crippen LogP contribution in [0, 0.1) is 5.92 Å². The number of carbonyl (C=O) groups excluding carboxylic acids is 2. The van der Waals surface area contributed by atoms with Crippen molar-refractivity contribution >= 4 is 17.7 Å². The first-order chi connectivity index (χ1) is 25.2. The van der Waals surface area contributed by atoms with Gasteiger partial charge < -0.3 is 58.4 Å². The maximum absolute atomic E-state index is 12.5. The van der Waals surface area contributed by atoms with E-state index in [2.05, 4.69) is 20.9 Å². The molecule has 0 fully saturated rings. The number of hydrogen-bond donors (Lipinski definition) is 3. The Morgan fingerprint density at radius 2 is 1.06 bits per heavy atom. The molecular weight excluding hydrogens is 686 g/mol.